The predicted octanol–water partition coefficient (Wildman–Crippen LogP) is 3.59. The predicted molar refractivity (Wildman–Crippen MR) is 113 cm³/mol. The Labute approximate surface area is 176 Å². The largest absolute Gasteiger partial charge is 0.497 e. The van der Waals surface area contributed by atoms with Crippen molar-refractivity contribution in [2.45, 2.75) is 33.4 Å². The Morgan fingerprint density at radius 1 is 1.17 bits per heavy atom. The van der Waals surface area contributed by atoms with Crippen LogP contribution in [0.4, 0.5) is 0 Å². The molecule has 0 aliphatic carbocycles. The van der Waals surface area contributed by atoms with Crippen LogP contribution in [0, 0.1) is 6.92 Å². The van der Waals surface area contributed by atoms with Crippen LogP contribution >= 0.6 is 11.6 Å². The molecule has 2 amide bonds. The Bertz CT molecular complexity index is 856. The smallest absolute Gasteiger partial charge is 0.261 e. The summed E-state index contributed by atoms with van der Waals surface area (Å²) in [6.45, 7) is 5.97. The first-order valence-electron chi connectivity index (χ1n) is 9.44. The molecule has 2 rings (SSSR count). The summed E-state index contributed by atoms with van der Waals surface area (Å²) in [6.07, 6.45) is 0. The second-order valence-electron chi connectivity index (χ2n) is 6.64. The molecule has 6 nitrogen and oxygen atoms in total. The van der Waals surface area contributed by atoms with Crippen molar-refractivity contribution < 1.29 is 19.1 Å². The molecule has 0 saturated heterocycles. The summed E-state index contributed by atoms with van der Waals surface area (Å²) >= 11 is 6.03. The first kappa shape index (κ1) is 22.6. The van der Waals surface area contributed by atoms with Gasteiger partial charge in [-0.2, -0.15) is 0 Å². The quantitative estimate of drug-likeness (QED) is 0.675. The number of methoxy groups -OCH3 is 1. The Morgan fingerprint density at radius 3 is 2.59 bits per heavy atom. The lowest BCUT2D eigenvalue weighted by molar-refractivity contribution is -0.142. The fraction of sp³-hybridized carbons (Fsp3) is 0.364. The summed E-state index contributed by atoms with van der Waals surface area (Å²) in [7, 11) is 1.58. The Kier molecular flexibility index (Phi) is 8.34. The average molecular weight is 419 g/mol. The molecule has 0 heterocycles. The van der Waals surface area contributed by atoms with Crippen LogP contribution in [0.3, 0.4) is 0 Å². The molecule has 0 bridgehead atoms. The van der Waals surface area contributed by atoms with Gasteiger partial charge in [0.25, 0.3) is 5.91 Å². The van der Waals surface area contributed by atoms with Gasteiger partial charge in [0, 0.05) is 18.1 Å². The second-order valence-corrected chi connectivity index (χ2v) is 7.05. The second kappa shape index (κ2) is 10.7. The van der Waals surface area contributed by atoms with Crippen LogP contribution in [0.25, 0.3) is 0 Å². The molecule has 0 radical (unpaired) electrons. The van der Waals surface area contributed by atoms with Crippen molar-refractivity contribution in [1.82, 2.24) is 10.2 Å². The highest BCUT2D eigenvalue weighted by molar-refractivity contribution is 6.31. The van der Waals surface area contributed by atoms with E-state index in [0.29, 0.717) is 23.1 Å². The van der Waals surface area contributed by atoms with Gasteiger partial charge in [-0.05, 0) is 62.2 Å². The van der Waals surface area contributed by atoms with Crippen LogP contribution in [0.15, 0.2) is 42.5 Å². The monoisotopic (exact) mass is 418 g/mol. The van der Waals surface area contributed by atoms with Gasteiger partial charge in [-0.3, -0.25) is 9.59 Å². The molecule has 2 aromatic carbocycles. The third kappa shape index (κ3) is 6.39. The van der Waals surface area contributed by atoms with Crippen LogP contribution in [-0.2, 0) is 16.1 Å². The number of carbonyl (C=O) groups excluding carboxylic acids is 2. The van der Waals surface area contributed by atoms with Crippen LogP contribution < -0.4 is 14.8 Å². The molecule has 0 fully saturated rings. The zero-order valence-electron chi connectivity index (χ0n) is 17.2. The summed E-state index contributed by atoms with van der Waals surface area (Å²) in [5.41, 5.74) is 1.72. The van der Waals surface area contributed by atoms with Crippen LogP contribution in [0.2, 0.25) is 5.02 Å². The van der Waals surface area contributed by atoms with Gasteiger partial charge < -0.3 is 19.7 Å². The first-order chi connectivity index (χ1) is 13.8. The van der Waals surface area contributed by atoms with Gasteiger partial charge in [-0.15, -0.1) is 0 Å². The van der Waals surface area contributed by atoms with Gasteiger partial charge in [-0.25, -0.2) is 0 Å². The van der Waals surface area contributed by atoms with E-state index >= 15 is 0 Å². The molecular weight excluding hydrogens is 392 g/mol. The molecule has 0 aliphatic heterocycles. The van der Waals surface area contributed by atoms with E-state index in [-0.39, 0.29) is 25.0 Å². The Balaban J connectivity index is 2.16. The number of rotatable bonds is 9. The first-order valence-corrected chi connectivity index (χ1v) is 9.82. The van der Waals surface area contributed by atoms with E-state index in [9.17, 15) is 9.59 Å². The topological polar surface area (TPSA) is 67.9 Å². The number of nitrogens with zero attached hydrogens (tertiary/aromatic N) is 1. The minimum absolute atomic E-state index is 0.186. The number of halogens is 1. The van der Waals surface area contributed by atoms with Gasteiger partial charge in [-0.1, -0.05) is 23.7 Å². The highest BCUT2D eigenvalue weighted by atomic mass is 35.5. The Morgan fingerprint density at radius 2 is 1.93 bits per heavy atom. The van der Waals surface area contributed by atoms with Crippen molar-refractivity contribution in [2.75, 3.05) is 20.3 Å². The van der Waals surface area contributed by atoms with Crippen molar-refractivity contribution in [3.63, 3.8) is 0 Å². The molecule has 0 unspecified atom stereocenters. The van der Waals surface area contributed by atoms with Crippen molar-refractivity contribution in [3.05, 3.63) is 58.6 Å². The normalized spacial score (nSPS) is 11.5. The number of benzene rings is 2. The minimum Gasteiger partial charge on any atom is -0.497 e. The van der Waals surface area contributed by atoms with Gasteiger partial charge in [0.1, 0.15) is 17.5 Å². The summed E-state index contributed by atoms with van der Waals surface area (Å²) < 4.78 is 10.9. The molecular formula is C22H27ClN2O4. The fourth-order valence-electron chi connectivity index (χ4n) is 2.81. The van der Waals surface area contributed by atoms with Crippen molar-refractivity contribution in [2.24, 2.45) is 0 Å². The number of hydrogen-bond acceptors (Lipinski definition) is 4. The zero-order chi connectivity index (χ0) is 21.4. The van der Waals surface area contributed by atoms with E-state index in [1.807, 2.05) is 38.1 Å². The van der Waals surface area contributed by atoms with E-state index in [2.05, 4.69) is 5.32 Å². The summed E-state index contributed by atoms with van der Waals surface area (Å²) in [4.78, 5) is 26.8. The maximum atomic E-state index is 12.9. The molecule has 1 N–H and O–H groups in total. The van der Waals surface area contributed by atoms with Crippen LogP contribution in [0.5, 0.6) is 11.5 Å². The lowest BCUT2D eigenvalue weighted by Crippen LogP contribution is -2.49. The standard InChI is InChI=1S/C22H27ClN2O4/c1-5-24-22(27)16(3)25(13-17-7-6-8-18(12-17)28-4)21(26)14-29-19-9-10-20(23)15(2)11-19/h6-12,16H,5,13-14H2,1-4H3,(H,24,27)/t16-/m1/s1. The number of nitrogens with one attached hydrogen (secondary N) is 1. The number of ether oxygens (including phenoxy) is 2. The molecule has 0 aromatic heterocycles. The van der Waals surface area contributed by atoms with E-state index < -0.39 is 6.04 Å². The van der Waals surface area contributed by atoms with Gasteiger partial charge in [0.15, 0.2) is 6.61 Å². The maximum Gasteiger partial charge on any atom is 0.261 e. The van der Waals surface area contributed by atoms with Crippen LogP contribution in [0.1, 0.15) is 25.0 Å². The number of likely N-dealkylation sites (N-methyl/N-ethyl adjacent to an activating group) is 1. The molecule has 0 spiro atoms. The van der Waals surface area contributed by atoms with Gasteiger partial charge >= 0.3 is 0 Å². The Hall–Kier alpha value is -2.73. The number of carbonyl (C=O) groups is 2. The summed E-state index contributed by atoms with van der Waals surface area (Å²) in [5, 5.41) is 3.40. The molecule has 0 aliphatic rings. The molecule has 7 heteroatoms. The highest BCUT2D eigenvalue weighted by Crippen LogP contribution is 2.21. The summed E-state index contributed by atoms with van der Waals surface area (Å²) in [6, 6.07) is 12.0. The van der Waals surface area contributed by atoms with Crippen molar-refractivity contribution >= 4 is 23.4 Å². The van der Waals surface area contributed by atoms with E-state index in [4.69, 9.17) is 21.1 Å². The van der Waals surface area contributed by atoms with E-state index in [1.54, 1.807) is 32.2 Å². The van der Waals surface area contributed by atoms with Crippen molar-refractivity contribution in [3.8, 4) is 11.5 Å². The third-order valence-electron chi connectivity index (χ3n) is 4.50. The fourth-order valence-corrected chi connectivity index (χ4v) is 2.92. The number of aryl methyl sites for hydroxylation is 1. The lowest BCUT2D eigenvalue weighted by atomic mass is 10.1. The van der Waals surface area contributed by atoms with Gasteiger partial charge in [0.2, 0.25) is 5.91 Å². The number of hydrogen-bond donors (Lipinski definition) is 1. The number of amides is 2. The molecule has 1 atom stereocenters. The van der Waals surface area contributed by atoms with Gasteiger partial charge in [0.05, 0.1) is 7.11 Å². The summed E-state index contributed by atoms with van der Waals surface area (Å²) in [5.74, 6) is 0.728. The molecule has 29 heavy (non-hydrogen) atoms. The zero-order valence-corrected chi connectivity index (χ0v) is 18.0. The van der Waals surface area contributed by atoms with Crippen molar-refractivity contribution in [1.29, 1.82) is 0 Å². The lowest BCUT2D eigenvalue weighted by Gasteiger charge is -2.28. The highest BCUT2D eigenvalue weighted by Gasteiger charge is 2.26. The molecule has 0 saturated carbocycles. The van der Waals surface area contributed by atoms with E-state index in [1.165, 1.54) is 4.90 Å². The molecule has 2 aromatic rings. The third-order valence-corrected chi connectivity index (χ3v) is 4.92. The van der Waals surface area contributed by atoms with Crippen LogP contribution in [-0.4, -0.2) is 43.0 Å². The SMILES string of the molecule is CCNC(=O)[C@@H](C)N(Cc1cccc(OC)c1)C(=O)COc1ccc(Cl)c(C)c1. The van der Waals surface area contributed by atoms with E-state index in [0.717, 1.165) is 11.1 Å². The maximum absolute atomic E-state index is 12.9. The minimum atomic E-state index is -0.649. The molecule has 156 valence electrons. The average Bonchev–Trinajstić information content (AvgIpc) is 2.72.